The van der Waals surface area contributed by atoms with Crippen LogP contribution in [0.4, 0.5) is 16.2 Å². The maximum Gasteiger partial charge on any atom is 0.408 e. The van der Waals surface area contributed by atoms with E-state index >= 15 is 0 Å². The van der Waals surface area contributed by atoms with Crippen molar-refractivity contribution >= 4 is 17.5 Å². The van der Waals surface area contributed by atoms with Crippen LogP contribution in [0.1, 0.15) is 71.6 Å². The molecule has 1 rings (SSSR count). The molecule has 7 heteroatoms. The lowest BCUT2D eigenvalue weighted by Gasteiger charge is -2.33. The molecule has 0 aliphatic rings. The highest BCUT2D eigenvalue weighted by Crippen LogP contribution is 2.37. The first-order valence-electron chi connectivity index (χ1n) is 10.9. The Hall–Kier alpha value is -2.41. The minimum Gasteiger partial charge on any atom is -0.444 e. The second kappa shape index (κ2) is 11.3. The normalized spacial score (nSPS) is 14.0. The van der Waals surface area contributed by atoms with Gasteiger partial charge in [-0.15, -0.1) is 0 Å². The SMILES string of the molecule is CCC[C@H](NC(=O)OC(C)(C)C)c1c(N(C)C(C)O)ccc(N(C)/C=C(/C)NC)c1C. The van der Waals surface area contributed by atoms with E-state index in [4.69, 9.17) is 4.74 Å². The molecule has 0 aliphatic heterocycles. The molecule has 3 N–H and O–H groups in total. The summed E-state index contributed by atoms with van der Waals surface area (Å²) in [4.78, 5) is 16.5. The van der Waals surface area contributed by atoms with Gasteiger partial charge in [0.2, 0.25) is 0 Å². The lowest BCUT2D eigenvalue weighted by atomic mass is 9.93. The predicted molar refractivity (Wildman–Crippen MR) is 130 cm³/mol. The fourth-order valence-electron chi connectivity index (χ4n) is 3.49. The summed E-state index contributed by atoms with van der Waals surface area (Å²) < 4.78 is 5.53. The topological polar surface area (TPSA) is 77.1 Å². The summed E-state index contributed by atoms with van der Waals surface area (Å²) in [5.41, 5.74) is 4.39. The number of allylic oxidation sites excluding steroid dienone is 1. The van der Waals surface area contributed by atoms with E-state index in [0.29, 0.717) is 0 Å². The summed E-state index contributed by atoms with van der Waals surface area (Å²) in [6, 6.07) is 3.80. The second-order valence-corrected chi connectivity index (χ2v) is 9.05. The molecule has 0 aliphatic carbocycles. The summed E-state index contributed by atoms with van der Waals surface area (Å²) in [6.45, 7) is 13.4. The summed E-state index contributed by atoms with van der Waals surface area (Å²) in [5, 5.41) is 16.5. The van der Waals surface area contributed by atoms with Crippen molar-refractivity contribution in [2.45, 2.75) is 79.2 Å². The van der Waals surface area contributed by atoms with E-state index in [1.165, 1.54) is 0 Å². The molecule has 176 valence electrons. The lowest BCUT2D eigenvalue weighted by Crippen LogP contribution is -2.37. The Bertz CT molecular complexity index is 769. The number of rotatable bonds is 9. The van der Waals surface area contributed by atoms with E-state index in [2.05, 4.69) is 29.4 Å². The monoisotopic (exact) mass is 434 g/mol. The van der Waals surface area contributed by atoms with Gasteiger partial charge >= 0.3 is 6.09 Å². The van der Waals surface area contributed by atoms with Crippen LogP contribution in [0.2, 0.25) is 0 Å². The number of aliphatic hydroxyl groups excluding tert-OH is 1. The maximum absolute atomic E-state index is 12.6. The van der Waals surface area contributed by atoms with Crippen molar-refractivity contribution in [1.29, 1.82) is 0 Å². The summed E-state index contributed by atoms with van der Waals surface area (Å²) in [7, 11) is 5.75. The Morgan fingerprint density at radius 3 is 2.32 bits per heavy atom. The van der Waals surface area contributed by atoms with Crippen molar-refractivity contribution in [3.05, 3.63) is 35.2 Å². The summed E-state index contributed by atoms with van der Waals surface area (Å²) >= 11 is 0. The highest BCUT2D eigenvalue weighted by atomic mass is 16.6. The third-order valence-electron chi connectivity index (χ3n) is 5.18. The Morgan fingerprint density at radius 1 is 1.26 bits per heavy atom. The third kappa shape index (κ3) is 7.65. The van der Waals surface area contributed by atoms with Crippen molar-refractivity contribution in [3.63, 3.8) is 0 Å². The quantitative estimate of drug-likeness (QED) is 0.491. The minimum absolute atomic E-state index is 0.251. The van der Waals surface area contributed by atoms with Gasteiger partial charge in [-0.1, -0.05) is 13.3 Å². The van der Waals surface area contributed by atoms with Crippen LogP contribution >= 0.6 is 0 Å². The Labute approximate surface area is 188 Å². The van der Waals surface area contributed by atoms with Crippen molar-refractivity contribution in [2.24, 2.45) is 0 Å². The third-order valence-corrected chi connectivity index (χ3v) is 5.18. The number of nitrogens with one attached hydrogen (secondary N) is 2. The summed E-state index contributed by atoms with van der Waals surface area (Å²) in [5.74, 6) is 0. The maximum atomic E-state index is 12.6. The van der Waals surface area contributed by atoms with E-state index in [9.17, 15) is 9.90 Å². The molecule has 2 atom stereocenters. The van der Waals surface area contributed by atoms with Crippen LogP contribution in [0.5, 0.6) is 0 Å². The van der Waals surface area contributed by atoms with Gasteiger partial charge in [-0.3, -0.25) is 0 Å². The number of anilines is 2. The highest BCUT2D eigenvalue weighted by Gasteiger charge is 2.26. The van der Waals surface area contributed by atoms with Crippen molar-refractivity contribution in [2.75, 3.05) is 30.9 Å². The number of ether oxygens (including phenoxy) is 1. The van der Waals surface area contributed by atoms with Crippen LogP contribution in [-0.4, -0.2) is 44.2 Å². The summed E-state index contributed by atoms with van der Waals surface area (Å²) in [6.07, 6.45) is 2.55. The smallest absolute Gasteiger partial charge is 0.408 e. The molecule has 0 spiro atoms. The molecule has 1 unspecified atom stereocenters. The Balaban J connectivity index is 3.57. The number of nitrogens with zero attached hydrogens (tertiary/aromatic N) is 2. The first kappa shape index (κ1) is 26.6. The molecular weight excluding hydrogens is 392 g/mol. The van der Waals surface area contributed by atoms with Gasteiger partial charge in [0.15, 0.2) is 0 Å². The molecule has 0 heterocycles. The molecule has 1 aromatic carbocycles. The molecule has 0 saturated heterocycles. The fourth-order valence-corrected chi connectivity index (χ4v) is 3.49. The molecule has 1 amide bonds. The van der Waals surface area contributed by atoms with Crippen LogP contribution in [0.3, 0.4) is 0 Å². The molecule has 0 fully saturated rings. The van der Waals surface area contributed by atoms with E-state index < -0.39 is 17.9 Å². The van der Waals surface area contributed by atoms with Crippen LogP contribution in [0, 0.1) is 6.92 Å². The van der Waals surface area contributed by atoms with Gasteiger partial charge in [-0.2, -0.15) is 0 Å². The lowest BCUT2D eigenvalue weighted by molar-refractivity contribution is 0.0501. The number of carbonyl (C=O) groups is 1. The second-order valence-electron chi connectivity index (χ2n) is 9.05. The number of hydrogen-bond donors (Lipinski definition) is 3. The van der Waals surface area contributed by atoms with Crippen LogP contribution in [-0.2, 0) is 4.74 Å². The molecule has 0 bridgehead atoms. The molecule has 1 aromatic rings. The number of benzene rings is 1. The van der Waals surface area contributed by atoms with Gasteiger partial charge in [0.25, 0.3) is 0 Å². The zero-order valence-corrected chi connectivity index (χ0v) is 21.0. The average Bonchev–Trinajstić information content (AvgIpc) is 2.64. The van der Waals surface area contributed by atoms with Gasteiger partial charge in [0.1, 0.15) is 11.8 Å². The van der Waals surface area contributed by atoms with Crippen LogP contribution in [0.15, 0.2) is 24.0 Å². The van der Waals surface area contributed by atoms with Crippen molar-refractivity contribution in [1.82, 2.24) is 10.6 Å². The molecule has 0 radical (unpaired) electrons. The van der Waals surface area contributed by atoms with Crippen LogP contribution < -0.4 is 20.4 Å². The average molecular weight is 435 g/mol. The standard InChI is InChI=1S/C24H42N4O3/c1-11-12-19(26-23(30)31-24(5,6)7)22-17(3)20(27(9)15-16(2)25-8)13-14-21(22)28(10)18(4)29/h13-15,18-19,25,29H,11-12H2,1-10H3,(H,26,30)/b16-15-/t18?,19-/m0/s1. The Morgan fingerprint density at radius 2 is 1.84 bits per heavy atom. The molecular formula is C24H42N4O3. The van der Waals surface area contributed by atoms with E-state index in [1.807, 2.05) is 72.1 Å². The van der Waals surface area contributed by atoms with Crippen LogP contribution in [0.25, 0.3) is 0 Å². The van der Waals surface area contributed by atoms with Gasteiger partial charge < -0.3 is 30.3 Å². The number of hydrogen-bond acceptors (Lipinski definition) is 6. The number of amides is 1. The predicted octanol–water partition coefficient (Wildman–Crippen LogP) is 4.65. The fraction of sp³-hybridized carbons (Fsp3) is 0.625. The zero-order valence-electron chi connectivity index (χ0n) is 21.0. The van der Waals surface area contributed by atoms with Gasteiger partial charge in [0, 0.05) is 50.0 Å². The molecule has 0 saturated carbocycles. The van der Waals surface area contributed by atoms with Crippen molar-refractivity contribution in [3.8, 4) is 0 Å². The van der Waals surface area contributed by atoms with Gasteiger partial charge in [-0.25, -0.2) is 4.79 Å². The Kier molecular flexibility index (Phi) is 9.69. The van der Waals surface area contributed by atoms with Gasteiger partial charge in [-0.05, 0) is 65.7 Å². The van der Waals surface area contributed by atoms with E-state index in [1.54, 1.807) is 6.92 Å². The largest absolute Gasteiger partial charge is 0.444 e. The highest BCUT2D eigenvalue weighted by molar-refractivity contribution is 5.72. The van der Waals surface area contributed by atoms with Gasteiger partial charge in [0.05, 0.1) is 6.04 Å². The molecule has 7 nitrogen and oxygen atoms in total. The number of carbonyl (C=O) groups excluding carboxylic acids is 1. The van der Waals surface area contributed by atoms with Crippen molar-refractivity contribution < 1.29 is 14.6 Å². The first-order valence-corrected chi connectivity index (χ1v) is 10.9. The first-order chi connectivity index (χ1) is 14.3. The molecule has 0 aromatic heterocycles. The number of alkyl carbamates (subject to hydrolysis) is 1. The minimum atomic E-state index is -0.669. The molecule has 31 heavy (non-hydrogen) atoms. The van der Waals surface area contributed by atoms with E-state index in [0.717, 1.165) is 41.0 Å². The van der Waals surface area contributed by atoms with E-state index in [-0.39, 0.29) is 6.04 Å². The number of aliphatic hydroxyl groups is 1. The zero-order chi connectivity index (χ0) is 23.9.